The van der Waals surface area contributed by atoms with Crippen LogP contribution in [0, 0.1) is 11.6 Å². The summed E-state index contributed by atoms with van der Waals surface area (Å²) < 4.78 is 28.0. The van der Waals surface area contributed by atoms with Gasteiger partial charge in [-0.15, -0.1) is 0 Å². The van der Waals surface area contributed by atoms with Gasteiger partial charge in [0.25, 0.3) is 11.8 Å². The van der Waals surface area contributed by atoms with Crippen molar-refractivity contribution < 1.29 is 23.2 Å². The first kappa shape index (κ1) is 24.4. The van der Waals surface area contributed by atoms with Crippen molar-refractivity contribution in [1.29, 1.82) is 0 Å². The maximum Gasteiger partial charge on any atom is 0.252 e. The van der Waals surface area contributed by atoms with E-state index in [-0.39, 0.29) is 19.0 Å². The number of rotatable bonds is 6. The third-order valence-corrected chi connectivity index (χ3v) is 6.81. The summed E-state index contributed by atoms with van der Waals surface area (Å²) in [5, 5.41) is 5.64. The lowest BCUT2D eigenvalue weighted by Gasteiger charge is -2.28. The van der Waals surface area contributed by atoms with Crippen molar-refractivity contribution in [2.75, 3.05) is 23.4 Å². The van der Waals surface area contributed by atoms with E-state index in [9.17, 15) is 23.2 Å². The van der Waals surface area contributed by atoms with E-state index in [1.54, 1.807) is 48.5 Å². The summed E-state index contributed by atoms with van der Waals surface area (Å²) in [4.78, 5) is 42.6. The lowest BCUT2D eigenvalue weighted by atomic mass is 10.1. The molecule has 0 aromatic heterocycles. The number of hydrogen-bond donors (Lipinski definition) is 2. The number of nitrogens with zero attached hydrogens (tertiary/aromatic N) is 2. The van der Waals surface area contributed by atoms with Crippen LogP contribution in [0.15, 0.2) is 72.8 Å². The Morgan fingerprint density at radius 1 is 0.946 bits per heavy atom. The summed E-state index contributed by atoms with van der Waals surface area (Å²) in [6.07, 6.45) is 0.902. The molecule has 2 aliphatic rings. The molecule has 1 atom stereocenters. The third-order valence-electron chi connectivity index (χ3n) is 6.81. The summed E-state index contributed by atoms with van der Waals surface area (Å²) in [6, 6.07) is 17.8. The molecule has 3 aromatic carbocycles. The molecule has 2 N–H and O–H groups in total. The highest BCUT2D eigenvalue weighted by atomic mass is 19.1. The highest BCUT2D eigenvalue weighted by molar-refractivity contribution is 6.05. The lowest BCUT2D eigenvalue weighted by molar-refractivity contribution is -0.129. The van der Waals surface area contributed by atoms with E-state index >= 15 is 0 Å². The van der Waals surface area contributed by atoms with E-state index in [0.717, 1.165) is 0 Å². The lowest BCUT2D eigenvalue weighted by Crippen LogP contribution is -2.57. The Morgan fingerprint density at radius 3 is 2.38 bits per heavy atom. The molecule has 7 nitrogen and oxygen atoms in total. The van der Waals surface area contributed by atoms with Gasteiger partial charge >= 0.3 is 0 Å². The number of likely N-dealkylation sites (N-methyl/N-ethyl adjacent to an activating group) is 1. The number of amides is 3. The second-order valence-corrected chi connectivity index (χ2v) is 9.47. The number of hydrogen-bond acceptors (Lipinski definition) is 4. The summed E-state index contributed by atoms with van der Waals surface area (Å²) >= 11 is 0. The fourth-order valence-corrected chi connectivity index (χ4v) is 4.60. The Hall–Kier alpha value is -4.27. The van der Waals surface area contributed by atoms with E-state index in [1.807, 2.05) is 4.90 Å². The minimum atomic E-state index is -1.09. The quantitative estimate of drug-likeness (QED) is 0.539. The van der Waals surface area contributed by atoms with Gasteiger partial charge in [-0.05, 0) is 60.9 Å². The van der Waals surface area contributed by atoms with Crippen LogP contribution in [0.3, 0.4) is 0 Å². The molecule has 0 spiro atoms. The maximum atomic E-state index is 14.2. The third kappa shape index (κ3) is 5.02. The molecule has 0 saturated heterocycles. The van der Waals surface area contributed by atoms with Crippen LogP contribution in [0.25, 0.3) is 0 Å². The first-order valence-electron chi connectivity index (χ1n) is 12.0. The van der Waals surface area contributed by atoms with Crippen molar-refractivity contribution in [3.63, 3.8) is 0 Å². The number of anilines is 2. The highest BCUT2D eigenvalue weighted by Crippen LogP contribution is 2.37. The second-order valence-electron chi connectivity index (χ2n) is 9.47. The molecular weight excluding hydrogens is 478 g/mol. The van der Waals surface area contributed by atoms with Gasteiger partial charge in [0, 0.05) is 25.7 Å². The smallest absolute Gasteiger partial charge is 0.252 e. The van der Waals surface area contributed by atoms with Crippen molar-refractivity contribution in [3.8, 4) is 0 Å². The summed E-state index contributed by atoms with van der Waals surface area (Å²) in [5.74, 6) is -2.15. The van der Waals surface area contributed by atoms with Gasteiger partial charge in [0.05, 0.1) is 11.4 Å². The van der Waals surface area contributed by atoms with Crippen molar-refractivity contribution in [2.24, 2.45) is 0 Å². The fraction of sp³-hybridized carbons (Fsp3) is 0.250. The molecule has 1 heterocycles. The zero-order valence-electron chi connectivity index (χ0n) is 20.2. The molecule has 0 bridgehead atoms. The SMILES string of the molecule is CN1C(=O)[C@H](NC(=O)C2(NC(=O)c3ccccc3)CC2)CN(Cc2cccc(F)c2)c2ccc(F)cc21. The number of fused-ring (bicyclic) bond motifs is 1. The number of carbonyl (C=O) groups is 3. The average molecular weight is 505 g/mol. The van der Waals surface area contributed by atoms with E-state index in [4.69, 9.17) is 0 Å². The van der Waals surface area contributed by atoms with Gasteiger partial charge in [0.2, 0.25) is 5.91 Å². The van der Waals surface area contributed by atoms with Crippen LogP contribution in [0.1, 0.15) is 28.8 Å². The molecule has 0 unspecified atom stereocenters. The van der Waals surface area contributed by atoms with E-state index in [1.165, 1.54) is 36.2 Å². The minimum Gasteiger partial charge on any atom is -0.363 e. The van der Waals surface area contributed by atoms with Crippen molar-refractivity contribution >= 4 is 29.1 Å². The molecule has 190 valence electrons. The first-order valence-corrected chi connectivity index (χ1v) is 12.0. The Bertz CT molecular complexity index is 1360. The maximum absolute atomic E-state index is 14.2. The van der Waals surface area contributed by atoms with Gasteiger partial charge in [0.1, 0.15) is 23.2 Å². The monoisotopic (exact) mass is 504 g/mol. The van der Waals surface area contributed by atoms with E-state index in [0.29, 0.717) is 35.3 Å². The van der Waals surface area contributed by atoms with Crippen molar-refractivity contribution in [2.45, 2.75) is 31.0 Å². The number of carbonyl (C=O) groups excluding carboxylic acids is 3. The molecule has 0 radical (unpaired) electrons. The summed E-state index contributed by atoms with van der Waals surface area (Å²) in [5.41, 5.74) is 0.926. The van der Waals surface area contributed by atoms with Crippen LogP contribution in [0.5, 0.6) is 0 Å². The van der Waals surface area contributed by atoms with Crippen molar-refractivity contribution in [3.05, 3.63) is 95.6 Å². The van der Waals surface area contributed by atoms with Crippen LogP contribution in [-0.2, 0) is 16.1 Å². The van der Waals surface area contributed by atoms with Gasteiger partial charge in [-0.1, -0.05) is 30.3 Å². The molecule has 1 saturated carbocycles. The number of nitrogens with one attached hydrogen (secondary N) is 2. The van der Waals surface area contributed by atoms with Crippen molar-refractivity contribution in [1.82, 2.24) is 10.6 Å². The number of benzene rings is 3. The van der Waals surface area contributed by atoms with Gasteiger partial charge in [-0.3, -0.25) is 14.4 Å². The minimum absolute atomic E-state index is 0.0762. The zero-order valence-corrected chi connectivity index (χ0v) is 20.2. The molecule has 9 heteroatoms. The highest BCUT2D eigenvalue weighted by Gasteiger charge is 2.52. The Balaban J connectivity index is 1.39. The predicted octanol–water partition coefficient (Wildman–Crippen LogP) is 3.40. The molecule has 3 amide bonds. The van der Waals surface area contributed by atoms with E-state index in [2.05, 4.69) is 10.6 Å². The Kier molecular flexibility index (Phi) is 6.37. The van der Waals surface area contributed by atoms with Crippen LogP contribution in [0.4, 0.5) is 20.2 Å². The van der Waals surface area contributed by atoms with Gasteiger partial charge in [-0.25, -0.2) is 8.78 Å². The number of halogens is 2. The molecule has 37 heavy (non-hydrogen) atoms. The molecule has 1 aliphatic carbocycles. The van der Waals surface area contributed by atoms with Crippen LogP contribution in [-0.4, -0.2) is 42.9 Å². The largest absolute Gasteiger partial charge is 0.363 e. The predicted molar refractivity (Wildman–Crippen MR) is 135 cm³/mol. The normalized spacial score (nSPS) is 18.0. The van der Waals surface area contributed by atoms with Crippen LogP contribution >= 0.6 is 0 Å². The second kappa shape index (κ2) is 9.65. The summed E-state index contributed by atoms with van der Waals surface area (Å²) in [7, 11) is 1.52. The molecule has 5 rings (SSSR count). The van der Waals surface area contributed by atoms with Crippen LogP contribution < -0.4 is 20.4 Å². The zero-order chi connectivity index (χ0) is 26.2. The summed E-state index contributed by atoms with van der Waals surface area (Å²) in [6.45, 7) is 0.312. The average Bonchev–Trinajstić information content (AvgIpc) is 3.68. The van der Waals surface area contributed by atoms with Crippen LogP contribution in [0.2, 0.25) is 0 Å². The standard InChI is InChI=1S/C28H26F2N4O3/c1-33-24-15-21(30)10-11-23(24)34(16-18-6-5-9-20(29)14-18)17-22(26(33)36)31-27(37)28(12-13-28)32-25(35)19-7-3-2-4-8-19/h2-11,14-15,22H,12-13,16-17H2,1H3,(H,31,37)(H,32,35)/t22-/m1/s1. The van der Waals surface area contributed by atoms with E-state index < -0.39 is 35.0 Å². The Morgan fingerprint density at radius 2 is 1.68 bits per heavy atom. The van der Waals surface area contributed by atoms with Gasteiger partial charge in [-0.2, -0.15) is 0 Å². The van der Waals surface area contributed by atoms with Gasteiger partial charge in [0.15, 0.2) is 0 Å². The molecule has 1 fully saturated rings. The fourth-order valence-electron chi connectivity index (χ4n) is 4.60. The molecule has 3 aromatic rings. The van der Waals surface area contributed by atoms with Gasteiger partial charge < -0.3 is 20.4 Å². The molecular formula is C28H26F2N4O3. The first-order chi connectivity index (χ1) is 17.8. The Labute approximate surface area is 213 Å². The molecule has 1 aliphatic heterocycles. The topological polar surface area (TPSA) is 81.8 Å².